The Hall–Kier alpha value is -0.830. The molecule has 0 aromatic heterocycles. The van der Waals surface area contributed by atoms with Crippen LogP contribution in [0.4, 0.5) is 0 Å². The zero-order valence-electron chi connectivity index (χ0n) is 9.50. The van der Waals surface area contributed by atoms with E-state index >= 15 is 0 Å². The minimum absolute atomic E-state index is 0.138. The van der Waals surface area contributed by atoms with E-state index in [1.54, 1.807) is 6.08 Å². The Kier molecular flexibility index (Phi) is 6.09. The van der Waals surface area contributed by atoms with Gasteiger partial charge in [-0.05, 0) is 25.9 Å². The normalized spacial score (nSPS) is 18.1. The molecule has 0 saturated carbocycles. The van der Waals surface area contributed by atoms with Crippen molar-refractivity contribution in [3.05, 3.63) is 12.7 Å². The molecular formula is C12H22N2O. The third kappa shape index (κ3) is 5.57. The lowest BCUT2D eigenvalue weighted by Crippen LogP contribution is -2.31. The molecule has 0 atom stereocenters. The maximum Gasteiger partial charge on any atom is 0.221 e. The molecule has 1 N–H and O–H groups in total. The first-order valence-corrected chi connectivity index (χ1v) is 5.93. The predicted octanol–water partition coefficient (Wildman–Crippen LogP) is 1.55. The highest BCUT2D eigenvalue weighted by molar-refractivity contribution is 5.76. The van der Waals surface area contributed by atoms with E-state index < -0.39 is 0 Å². The zero-order chi connectivity index (χ0) is 10.9. The summed E-state index contributed by atoms with van der Waals surface area (Å²) in [6, 6.07) is 0. The molecule has 0 aromatic carbocycles. The SMILES string of the molecule is C=CCNC(=O)CCN1CCCCCC1. The molecule has 0 spiro atoms. The molecule has 3 heteroatoms. The first-order valence-electron chi connectivity index (χ1n) is 5.93. The Bertz CT molecular complexity index is 196. The van der Waals surface area contributed by atoms with E-state index in [2.05, 4.69) is 16.8 Å². The number of rotatable bonds is 5. The molecular weight excluding hydrogens is 188 g/mol. The van der Waals surface area contributed by atoms with Gasteiger partial charge in [0.15, 0.2) is 0 Å². The van der Waals surface area contributed by atoms with Crippen LogP contribution in [-0.4, -0.2) is 37.0 Å². The highest BCUT2D eigenvalue weighted by atomic mass is 16.1. The first-order chi connectivity index (χ1) is 7.33. The van der Waals surface area contributed by atoms with Crippen molar-refractivity contribution in [2.75, 3.05) is 26.2 Å². The second kappa shape index (κ2) is 7.46. The lowest BCUT2D eigenvalue weighted by Gasteiger charge is -2.18. The summed E-state index contributed by atoms with van der Waals surface area (Å²) in [5.41, 5.74) is 0. The number of hydrogen-bond donors (Lipinski definition) is 1. The average Bonchev–Trinajstić information content (AvgIpc) is 2.51. The number of nitrogens with zero attached hydrogens (tertiary/aromatic N) is 1. The third-order valence-electron chi connectivity index (χ3n) is 2.80. The van der Waals surface area contributed by atoms with Gasteiger partial charge in [0.05, 0.1) is 0 Å². The number of amides is 1. The van der Waals surface area contributed by atoms with Crippen molar-refractivity contribution >= 4 is 5.91 Å². The Balaban J connectivity index is 2.11. The third-order valence-corrected chi connectivity index (χ3v) is 2.80. The minimum atomic E-state index is 0.138. The van der Waals surface area contributed by atoms with Crippen molar-refractivity contribution in [1.82, 2.24) is 10.2 Å². The highest BCUT2D eigenvalue weighted by Crippen LogP contribution is 2.09. The molecule has 0 aliphatic carbocycles. The van der Waals surface area contributed by atoms with Gasteiger partial charge >= 0.3 is 0 Å². The summed E-state index contributed by atoms with van der Waals surface area (Å²) >= 11 is 0. The number of nitrogens with one attached hydrogen (secondary N) is 1. The molecule has 0 unspecified atom stereocenters. The number of carbonyl (C=O) groups is 1. The van der Waals surface area contributed by atoms with Gasteiger partial charge in [0, 0.05) is 19.5 Å². The van der Waals surface area contributed by atoms with Crippen LogP contribution in [0, 0.1) is 0 Å². The summed E-state index contributed by atoms with van der Waals surface area (Å²) in [6.45, 7) is 7.38. The zero-order valence-corrected chi connectivity index (χ0v) is 9.50. The van der Waals surface area contributed by atoms with Gasteiger partial charge < -0.3 is 10.2 Å². The fourth-order valence-corrected chi connectivity index (χ4v) is 1.89. The van der Waals surface area contributed by atoms with Crippen LogP contribution in [0.25, 0.3) is 0 Å². The first kappa shape index (κ1) is 12.2. The summed E-state index contributed by atoms with van der Waals surface area (Å²) < 4.78 is 0. The van der Waals surface area contributed by atoms with Crippen molar-refractivity contribution in [3.63, 3.8) is 0 Å². The summed E-state index contributed by atoms with van der Waals surface area (Å²) in [4.78, 5) is 13.7. The fourth-order valence-electron chi connectivity index (χ4n) is 1.89. The maximum atomic E-state index is 11.3. The second-order valence-electron chi connectivity index (χ2n) is 4.10. The van der Waals surface area contributed by atoms with Crippen LogP contribution in [0.2, 0.25) is 0 Å². The molecule has 1 aliphatic heterocycles. The summed E-state index contributed by atoms with van der Waals surface area (Å²) in [7, 11) is 0. The van der Waals surface area contributed by atoms with Crippen molar-refractivity contribution < 1.29 is 4.79 Å². The van der Waals surface area contributed by atoms with Gasteiger partial charge in [0.1, 0.15) is 0 Å². The van der Waals surface area contributed by atoms with E-state index in [1.807, 2.05) is 0 Å². The molecule has 3 nitrogen and oxygen atoms in total. The molecule has 1 heterocycles. The molecule has 1 saturated heterocycles. The van der Waals surface area contributed by atoms with Crippen LogP contribution in [0.1, 0.15) is 32.1 Å². The Morgan fingerprint density at radius 1 is 1.27 bits per heavy atom. The minimum Gasteiger partial charge on any atom is -0.353 e. The topological polar surface area (TPSA) is 32.3 Å². The van der Waals surface area contributed by atoms with Crippen LogP contribution < -0.4 is 5.32 Å². The van der Waals surface area contributed by atoms with Crippen molar-refractivity contribution in [2.24, 2.45) is 0 Å². The van der Waals surface area contributed by atoms with E-state index in [0.717, 1.165) is 19.6 Å². The fraction of sp³-hybridized carbons (Fsp3) is 0.750. The molecule has 15 heavy (non-hydrogen) atoms. The van der Waals surface area contributed by atoms with Crippen molar-refractivity contribution in [1.29, 1.82) is 0 Å². The van der Waals surface area contributed by atoms with Gasteiger partial charge in [0.2, 0.25) is 5.91 Å². The average molecular weight is 210 g/mol. The number of likely N-dealkylation sites (tertiary alicyclic amines) is 1. The maximum absolute atomic E-state index is 11.3. The largest absolute Gasteiger partial charge is 0.353 e. The van der Waals surface area contributed by atoms with Gasteiger partial charge in [-0.25, -0.2) is 0 Å². The van der Waals surface area contributed by atoms with E-state index in [-0.39, 0.29) is 5.91 Å². The van der Waals surface area contributed by atoms with Gasteiger partial charge in [-0.3, -0.25) is 4.79 Å². The molecule has 86 valence electrons. The second-order valence-corrected chi connectivity index (χ2v) is 4.10. The standard InChI is InChI=1S/C12H22N2O/c1-2-8-13-12(15)7-11-14-9-5-3-4-6-10-14/h2H,1,3-11H2,(H,13,15). The smallest absolute Gasteiger partial charge is 0.221 e. The van der Waals surface area contributed by atoms with Gasteiger partial charge in [-0.15, -0.1) is 6.58 Å². The van der Waals surface area contributed by atoms with Crippen LogP contribution in [0.3, 0.4) is 0 Å². The van der Waals surface area contributed by atoms with Crippen LogP contribution in [0.5, 0.6) is 0 Å². The lowest BCUT2D eigenvalue weighted by molar-refractivity contribution is -0.121. The predicted molar refractivity (Wildman–Crippen MR) is 62.7 cm³/mol. The molecule has 1 aliphatic rings. The molecule has 1 rings (SSSR count). The summed E-state index contributed by atoms with van der Waals surface area (Å²) in [5.74, 6) is 0.138. The molecule has 0 radical (unpaired) electrons. The van der Waals surface area contributed by atoms with Crippen LogP contribution >= 0.6 is 0 Å². The van der Waals surface area contributed by atoms with E-state index in [1.165, 1.54) is 25.7 Å². The molecule has 0 aromatic rings. The lowest BCUT2D eigenvalue weighted by atomic mass is 10.2. The van der Waals surface area contributed by atoms with Gasteiger partial charge in [-0.1, -0.05) is 18.9 Å². The quantitative estimate of drug-likeness (QED) is 0.698. The van der Waals surface area contributed by atoms with Gasteiger partial charge in [-0.2, -0.15) is 0 Å². The van der Waals surface area contributed by atoms with Crippen molar-refractivity contribution in [2.45, 2.75) is 32.1 Å². The summed E-state index contributed by atoms with van der Waals surface area (Å²) in [5, 5.41) is 2.80. The Labute approximate surface area is 92.5 Å². The molecule has 0 bridgehead atoms. The van der Waals surface area contributed by atoms with Gasteiger partial charge in [0.25, 0.3) is 0 Å². The Morgan fingerprint density at radius 3 is 2.53 bits per heavy atom. The van der Waals surface area contributed by atoms with E-state index in [0.29, 0.717) is 13.0 Å². The molecule has 1 fully saturated rings. The van der Waals surface area contributed by atoms with E-state index in [4.69, 9.17) is 0 Å². The van der Waals surface area contributed by atoms with Crippen molar-refractivity contribution in [3.8, 4) is 0 Å². The monoisotopic (exact) mass is 210 g/mol. The van der Waals surface area contributed by atoms with E-state index in [9.17, 15) is 4.79 Å². The molecule has 1 amide bonds. The van der Waals surface area contributed by atoms with Crippen LogP contribution in [0.15, 0.2) is 12.7 Å². The van der Waals surface area contributed by atoms with Crippen LogP contribution in [-0.2, 0) is 4.79 Å². The summed E-state index contributed by atoms with van der Waals surface area (Å²) in [6.07, 6.45) is 7.60. The number of hydrogen-bond acceptors (Lipinski definition) is 2. The number of carbonyl (C=O) groups excluding carboxylic acids is 1. The highest BCUT2D eigenvalue weighted by Gasteiger charge is 2.10. The Morgan fingerprint density at radius 2 is 1.93 bits per heavy atom.